The van der Waals surface area contributed by atoms with Crippen LogP contribution in [0.3, 0.4) is 0 Å². The molecule has 1 fully saturated rings. The van der Waals surface area contributed by atoms with Crippen LogP contribution < -0.4 is 10.6 Å². The number of benzene rings is 2. The molecule has 0 saturated carbocycles. The van der Waals surface area contributed by atoms with Gasteiger partial charge in [-0.15, -0.1) is 0 Å². The summed E-state index contributed by atoms with van der Waals surface area (Å²) in [6, 6.07) is 12.6. The summed E-state index contributed by atoms with van der Waals surface area (Å²) in [5.74, 6) is -1.31. The van der Waals surface area contributed by atoms with E-state index >= 15 is 0 Å². The number of likely N-dealkylation sites (N-methyl/N-ethyl adjacent to an activating group) is 1. The van der Waals surface area contributed by atoms with Gasteiger partial charge in [0.25, 0.3) is 5.91 Å². The molecule has 0 spiro atoms. The van der Waals surface area contributed by atoms with Crippen molar-refractivity contribution >= 4 is 34.5 Å². The fraction of sp³-hybridized carbons (Fsp3) is 0.364. The third kappa shape index (κ3) is 4.12. The van der Waals surface area contributed by atoms with Gasteiger partial charge in [0, 0.05) is 13.1 Å². The van der Waals surface area contributed by atoms with Crippen LogP contribution in [-0.4, -0.2) is 59.7 Å². The largest absolute Gasteiger partial charge is 0.352 e. The number of rotatable bonds is 6. The molecule has 1 aliphatic heterocycles. The van der Waals surface area contributed by atoms with Crippen molar-refractivity contribution in [1.82, 2.24) is 20.4 Å². The highest BCUT2D eigenvalue weighted by atomic mass is 16.2. The third-order valence-corrected chi connectivity index (χ3v) is 5.15. The van der Waals surface area contributed by atoms with E-state index < -0.39 is 29.9 Å². The Hall–Kier alpha value is -3.42. The van der Waals surface area contributed by atoms with Crippen molar-refractivity contribution in [3.63, 3.8) is 0 Å². The molecule has 158 valence electrons. The zero-order chi connectivity index (χ0) is 22.1. The Labute approximate surface area is 175 Å². The lowest BCUT2D eigenvalue weighted by Gasteiger charge is -2.23. The predicted octanol–water partition coefficient (Wildman–Crippen LogP) is 1.59. The molecule has 1 saturated heterocycles. The van der Waals surface area contributed by atoms with Crippen molar-refractivity contribution in [2.75, 3.05) is 20.1 Å². The summed E-state index contributed by atoms with van der Waals surface area (Å²) in [4.78, 5) is 52.1. The maximum absolute atomic E-state index is 13.1. The van der Waals surface area contributed by atoms with Gasteiger partial charge >= 0.3 is 6.03 Å². The van der Waals surface area contributed by atoms with E-state index in [2.05, 4.69) is 10.6 Å². The van der Waals surface area contributed by atoms with Crippen LogP contribution in [0.1, 0.15) is 26.3 Å². The van der Waals surface area contributed by atoms with Crippen molar-refractivity contribution in [2.45, 2.75) is 32.4 Å². The van der Waals surface area contributed by atoms with Crippen molar-refractivity contribution in [3.05, 3.63) is 48.0 Å². The minimum atomic E-state index is -1.27. The van der Waals surface area contributed by atoms with Crippen LogP contribution in [0, 0.1) is 0 Å². The van der Waals surface area contributed by atoms with E-state index in [1.54, 1.807) is 13.0 Å². The first-order valence-corrected chi connectivity index (χ1v) is 9.78. The molecule has 30 heavy (non-hydrogen) atoms. The second kappa shape index (κ2) is 8.14. The van der Waals surface area contributed by atoms with E-state index in [0.717, 1.165) is 15.7 Å². The zero-order valence-electron chi connectivity index (χ0n) is 17.6. The average molecular weight is 410 g/mol. The highest BCUT2D eigenvalue weighted by Crippen LogP contribution is 2.31. The van der Waals surface area contributed by atoms with Gasteiger partial charge in [-0.05, 0) is 43.2 Å². The summed E-state index contributed by atoms with van der Waals surface area (Å²) in [5, 5.41) is 7.38. The molecule has 1 heterocycles. The summed E-state index contributed by atoms with van der Waals surface area (Å²) in [7, 11) is 1.46. The second-order valence-corrected chi connectivity index (χ2v) is 7.98. The van der Waals surface area contributed by atoms with Crippen LogP contribution in [0.25, 0.3) is 10.8 Å². The minimum Gasteiger partial charge on any atom is -0.352 e. The molecule has 0 unspecified atom stereocenters. The Kier molecular flexibility index (Phi) is 5.78. The summed E-state index contributed by atoms with van der Waals surface area (Å²) in [6.07, 6.45) is 0. The van der Waals surface area contributed by atoms with Crippen LogP contribution in [-0.2, 0) is 19.9 Å². The van der Waals surface area contributed by atoms with Crippen molar-refractivity contribution < 1.29 is 19.2 Å². The smallest absolute Gasteiger partial charge is 0.325 e. The van der Waals surface area contributed by atoms with Crippen LogP contribution in [0.15, 0.2) is 42.5 Å². The normalized spacial score (nSPS) is 18.6. The van der Waals surface area contributed by atoms with Crippen LogP contribution in [0.5, 0.6) is 0 Å². The van der Waals surface area contributed by atoms with Gasteiger partial charge in [-0.25, -0.2) is 4.79 Å². The number of imide groups is 1. The lowest BCUT2D eigenvalue weighted by Crippen LogP contribution is -2.46. The lowest BCUT2D eigenvalue weighted by molar-refractivity contribution is -0.139. The lowest BCUT2D eigenvalue weighted by atomic mass is 9.90. The molecule has 3 rings (SSSR count). The van der Waals surface area contributed by atoms with Gasteiger partial charge in [-0.2, -0.15) is 0 Å². The highest BCUT2D eigenvalue weighted by molar-refractivity contribution is 6.09. The van der Waals surface area contributed by atoms with Crippen molar-refractivity contribution in [1.29, 1.82) is 0 Å². The molecule has 2 aromatic carbocycles. The van der Waals surface area contributed by atoms with Crippen LogP contribution in [0.4, 0.5) is 4.79 Å². The van der Waals surface area contributed by atoms with E-state index in [9.17, 15) is 19.2 Å². The quantitative estimate of drug-likeness (QED) is 0.707. The number of fused-ring (bicyclic) bond motifs is 1. The molecule has 1 aliphatic rings. The number of carbonyl (C=O) groups is 4. The molecule has 2 N–H and O–H groups in total. The molecular weight excluding hydrogens is 384 g/mol. The zero-order valence-corrected chi connectivity index (χ0v) is 17.6. The number of amides is 5. The van der Waals surface area contributed by atoms with Gasteiger partial charge in [0.1, 0.15) is 12.1 Å². The van der Waals surface area contributed by atoms with Gasteiger partial charge in [0.05, 0.1) is 6.54 Å². The molecule has 5 amide bonds. The first-order chi connectivity index (χ1) is 14.1. The fourth-order valence-electron chi connectivity index (χ4n) is 3.46. The second-order valence-electron chi connectivity index (χ2n) is 7.98. The first-order valence-electron chi connectivity index (χ1n) is 9.78. The Bertz CT molecular complexity index is 1020. The molecule has 1 atom stereocenters. The number of carbonyl (C=O) groups excluding carboxylic acids is 4. The molecule has 0 aromatic heterocycles. The molecular formula is C22H26N4O4. The van der Waals surface area contributed by atoms with E-state index in [1.165, 1.54) is 11.9 Å². The number of urea groups is 1. The third-order valence-electron chi connectivity index (χ3n) is 5.15. The number of hydrogen-bond donors (Lipinski definition) is 2. The fourth-order valence-corrected chi connectivity index (χ4v) is 3.46. The summed E-state index contributed by atoms with van der Waals surface area (Å²) >= 11 is 0. The topological polar surface area (TPSA) is 98.8 Å². The monoisotopic (exact) mass is 410 g/mol. The first kappa shape index (κ1) is 21.3. The molecule has 8 nitrogen and oxygen atoms in total. The minimum absolute atomic E-state index is 0.0467. The molecule has 0 radical (unpaired) electrons. The van der Waals surface area contributed by atoms with Crippen LogP contribution >= 0.6 is 0 Å². The van der Waals surface area contributed by atoms with Gasteiger partial charge in [-0.3, -0.25) is 19.3 Å². The maximum Gasteiger partial charge on any atom is 0.325 e. The Morgan fingerprint density at radius 2 is 1.80 bits per heavy atom. The Balaban J connectivity index is 1.75. The van der Waals surface area contributed by atoms with Gasteiger partial charge < -0.3 is 15.5 Å². The summed E-state index contributed by atoms with van der Waals surface area (Å²) in [6.45, 7) is 4.69. The molecule has 0 aliphatic carbocycles. The SMILES string of the molecule is CC(C)NC(=O)CN(C)C(=O)CN1C(=O)N[C@](C)(c2ccc3ccccc3c2)C1=O. The average Bonchev–Trinajstić information content (AvgIpc) is 2.90. The number of nitrogens with zero attached hydrogens (tertiary/aromatic N) is 2. The van der Waals surface area contributed by atoms with Gasteiger partial charge in [-0.1, -0.05) is 36.4 Å². The summed E-state index contributed by atoms with van der Waals surface area (Å²) in [5.41, 5.74) is -0.631. The summed E-state index contributed by atoms with van der Waals surface area (Å²) < 4.78 is 0. The van der Waals surface area contributed by atoms with E-state index in [4.69, 9.17) is 0 Å². The Morgan fingerprint density at radius 1 is 1.13 bits per heavy atom. The predicted molar refractivity (Wildman–Crippen MR) is 112 cm³/mol. The highest BCUT2D eigenvalue weighted by Gasteiger charge is 2.49. The van der Waals surface area contributed by atoms with Crippen LogP contribution in [0.2, 0.25) is 0 Å². The standard InChI is InChI=1S/C22H26N4O4/c1-14(2)23-18(27)12-25(4)19(28)13-26-20(29)22(3,24-21(26)30)17-10-9-15-7-5-6-8-16(15)11-17/h5-11,14H,12-13H2,1-4H3,(H,23,27)(H,24,30)/t22-/m1/s1. The maximum atomic E-state index is 13.1. The molecule has 8 heteroatoms. The molecule has 0 bridgehead atoms. The van der Waals surface area contributed by atoms with E-state index in [1.807, 2.05) is 50.2 Å². The Morgan fingerprint density at radius 3 is 2.47 bits per heavy atom. The van der Waals surface area contributed by atoms with Gasteiger partial charge in [0.2, 0.25) is 11.8 Å². The van der Waals surface area contributed by atoms with Gasteiger partial charge in [0.15, 0.2) is 0 Å². The number of nitrogens with one attached hydrogen (secondary N) is 2. The number of hydrogen-bond acceptors (Lipinski definition) is 4. The van der Waals surface area contributed by atoms with Crippen molar-refractivity contribution in [3.8, 4) is 0 Å². The van der Waals surface area contributed by atoms with E-state index in [0.29, 0.717) is 5.56 Å². The van der Waals surface area contributed by atoms with E-state index in [-0.39, 0.29) is 18.5 Å². The molecule has 2 aromatic rings. The van der Waals surface area contributed by atoms with Crippen molar-refractivity contribution in [2.24, 2.45) is 0 Å².